The van der Waals surface area contributed by atoms with E-state index in [1.165, 1.54) is 41.4 Å². The number of benzene rings is 1. The number of rotatable bonds is 4. The lowest BCUT2D eigenvalue weighted by Gasteiger charge is -2.72. The number of carbonyl (C=O) groups excluding carboxylic acids is 2. The van der Waals surface area contributed by atoms with Gasteiger partial charge in [0.2, 0.25) is 0 Å². The molecule has 2 aromatic rings. The average molecular weight is 642 g/mol. The Morgan fingerprint density at radius 1 is 0.915 bits per heavy atom. The van der Waals surface area contributed by atoms with E-state index >= 15 is 0 Å². The van der Waals surface area contributed by atoms with Gasteiger partial charge in [-0.1, -0.05) is 65.0 Å². The maximum Gasteiger partial charge on any atom is 0.344 e. The Hall–Kier alpha value is -2.56. The van der Waals surface area contributed by atoms with Crippen molar-refractivity contribution in [1.29, 1.82) is 0 Å². The Kier molecular flexibility index (Phi) is 7.34. The first kappa shape index (κ1) is 33.0. The number of aromatic amines is 1. The van der Waals surface area contributed by atoms with Gasteiger partial charge in [-0.15, -0.1) is 0 Å². The molecule has 1 aromatic heterocycles. The van der Waals surface area contributed by atoms with Crippen molar-refractivity contribution in [2.75, 3.05) is 6.61 Å². The number of H-pyrrole nitrogens is 1. The molecule has 1 heterocycles. The van der Waals surface area contributed by atoms with E-state index in [0.717, 1.165) is 38.5 Å². The maximum atomic E-state index is 14.2. The number of hydrogen-bond donors (Lipinski definition) is 1. The van der Waals surface area contributed by atoms with Crippen LogP contribution >= 0.6 is 0 Å². The fourth-order valence-corrected chi connectivity index (χ4v) is 13.4. The van der Waals surface area contributed by atoms with Crippen molar-refractivity contribution >= 4 is 22.8 Å². The molecule has 4 unspecified atom stereocenters. The van der Waals surface area contributed by atoms with Gasteiger partial charge < -0.3 is 14.5 Å². The molecule has 5 aliphatic rings. The van der Waals surface area contributed by atoms with Crippen LogP contribution in [0.4, 0.5) is 0 Å². The minimum Gasteiger partial charge on any atom is -0.457 e. The summed E-state index contributed by atoms with van der Waals surface area (Å²) in [6, 6.07) is 8.92. The van der Waals surface area contributed by atoms with Crippen molar-refractivity contribution in [2.24, 2.45) is 51.2 Å². The highest BCUT2D eigenvalue weighted by Crippen LogP contribution is 2.77. The second-order valence-electron chi connectivity index (χ2n) is 18.9. The fourth-order valence-electron chi connectivity index (χ4n) is 13.4. The lowest BCUT2D eigenvalue weighted by Crippen LogP contribution is -2.67. The number of aromatic nitrogens is 1. The number of allylic oxidation sites excluding steroid dienone is 1. The number of carbonyl (C=O) groups is 2. The molecule has 1 aromatic carbocycles. The van der Waals surface area contributed by atoms with E-state index in [2.05, 4.69) is 77.4 Å². The van der Waals surface area contributed by atoms with Crippen LogP contribution in [0.3, 0.4) is 0 Å². The molecular weight excluding hydrogens is 582 g/mol. The van der Waals surface area contributed by atoms with E-state index in [0.29, 0.717) is 23.7 Å². The van der Waals surface area contributed by atoms with Gasteiger partial charge in [0.25, 0.3) is 0 Å². The number of nitrogens with one attached hydrogen (secondary N) is 1. The number of esters is 2. The van der Waals surface area contributed by atoms with Gasteiger partial charge in [0.15, 0.2) is 6.61 Å². The first-order chi connectivity index (χ1) is 21.9. The standard InChI is InChI=1S/C42H59NO4/c1-25(2)26-17-20-42(36(45)46-24-33(44)47-37(3,4)5)22-21-40(9)29(34(26)42)15-16-32-39(8)23-28-27-13-11-12-14-30(27)43-35(28)38(6,7)31(39)18-19-41(32,40)10/h11-14,26,29,31-32,34,43H,1,15-24H2,2-10H3/t26-,29?,31?,32?,34?,39-,40+,41+,42-/m0/s1. The topological polar surface area (TPSA) is 68.4 Å². The Morgan fingerprint density at radius 2 is 1.64 bits per heavy atom. The highest BCUT2D eigenvalue weighted by atomic mass is 16.6. The van der Waals surface area contributed by atoms with Crippen LogP contribution in [0.1, 0.15) is 125 Å². The first-order valence-electron chi connectivity index (χ1n) is 18.5. The zero-order valence-electron chi connectivity index (χ0n) is 30.6. The van der Waals surface area contributed by atoms with Crippen molar-refractivity contribution < 1.29 is 19.1 Å². The number of para-hydroxylation sites is 1. The molecule has 7 rings (SSSR count). The summed E-state index contributed by atoms with van der Waals surface area (Å²) in [7, 11) is 0. The van der Waals surface area contributed by atoms with Crippen LogP contribution < -0.4 is 0 Å². The predicted octanol–water partition coefficient (Wildman–Crippen LogP) is 9.72. The van der Waals surface area contributed by atoms with Crippen LogP contribution in [0.15, 0.2) is 36.4 Å². The SMILES string of the molecule is C=C(C)[C@@H]1CC[C@]2(C(=O)OCC(=O)OC(C)(C)C)CC[C@]3(C)C(CCC4[C@@]5(C)Cc6c([nH]c7ccccc67)C(C)(C)C5CC[C@]43C)C12. The normalized spacial score (nSPS) is 40.3. The third-order valence-corrected chi connectivity index (χ3v) is 15.4. The fraction of sp³-hybridized carbons (Fsp3) is 0.714. The molecule has 0 radical (unpaired) electrons. The second kappa shape index (κ2) is 10.5. The molecule has 0 aliphatic heterocycles. The van der Waals surface area contributed by atoms with Gasteiger partial charge in [0.05, 0.1) is 5.41 Å². The molecule has 0 saturated heterocycles. The molecule has 0 amide bonds. The van der Waals surface area contributed by atoms with Gasteiger partial charge in [0, 0.05) is 22.0 Å². The van der Waals surface area contributed by atoms with Crippen LogP contribution in [0.25, 0.3) is 10.9 Å². The van der Waals surface area contributed by atoms with Crippen LogP contribution in [0, 0.1) is 51.2 Å². The third-order valence-electron chi connectivity index (χ3n) is 15.4. The minimum absolute atomic E-state index is 0.0799. The molecule has 256 valence electrons. The zero-order valence-corrected chi connectivity index (χ0v) is 30.6. The highest BCUT2D eigenvalue weighted by molar-refractivity contribution is 5.85. The van der Waals surface area contributed by atoms with E-state index in [9.17, 15) is 9.59 Å². The number of hydrogen-bond acceptors (Lipinski definition) is 4. The van der Waals surface area contributed by atoms with Gasteiger partial charge in [-0.2, -0.15) is 0 Å². The quantitative estimate of drug-likeness (QED) is 0.267. The maximum absolute atomic E-state index is 14.2. The molecule has 4 saturated carbocycles. The number of ether oxygens (including phenoxy) is 2. The van der Waals surface area contributed by atoms with Gasteiger partial charge in [-0.05, 0) is 143 Å². The largest absolute Gasteiger partial charge is 0.457 e. The summed E-state index contributed by atoms with van der Waals surface area (Å²) in [5.74, 6) is 1.53. The third kappa shape index (κ3) is 4.52. The summed E-state index contributed by atoms with van der Waals surface area (Å²) in [5.41, 5.74) is 4.91. The zero-order chi connectivity index (χ0) is 33.9. The molecular formula is C42H59NO4. The van der Waals surface area contributed by atoms with Crippen molar-refractivity contribution in [3.8, 4) is 0 Å². The molecule has 0 bridgehead atoms. The van der Waals surface area contributed by atoms with E-state index in [-0.39, 0.29) is 40.2 Å². The van der Waals surface area contributed by atoms with E-state index in [1.807, 2.05) is 20.8 Å². The van der Waals surface area contributed by atoms with Crippen LogP contribution in [0.5, 0.6) is 0 Å². The monoisotopic (exact) mass is 641 g/mol. The van der Waals surface area contributed by atoms with Gasteiger partial charge in [-0.25, -0.2) is 4.79 Å². The van der Waals surface area contributed by atoms with Crippen LogP contribution in [-0.4, -0.2) is 29.1 Å². The van der Waals surface area contributed by atoms with E-state index < -0.39 is 17.0 Å². The summed E-state index contributed by atoms with van der Waals surface area (Å²) in [4.78, 5) is 30.7. The molecule has 5 aliphatic carbocycles. The minimum atomic E-state index is -0.609. The molecule has 47 heavy (non-hydrogen) atoms. The van der Waals surface area contributed by atoms with Crippen molar-refractivity contribution in [3.05, 3.63) is 47.7 Å². The molecule has 5 nitrogen and oxygen atoms in total. The van der Waals surface area contributed by atoms with Crippen molar-refractivity contribution in [2.45, 2.75) is 131 Å². The van der Waals surface area contributed by atoms with E-state index in [1.54, 1.807) is 5.56 Å². The molecule has 1 N–H and O–H groups in total. The Morgan fingerprint density at radius 3 is 2.34 bits per heavy atom. The molecule has 9 atom stereocenters. The first-order valence-corrected chi connectivity index (χ1v) is 18.5. The highest BCUT2D eigenvalue weighted by Gasteiger charge is 2.72. The Labute approximate surface area is 283 Å². The average Bonchev–Trinajstić information content (AvgIpc) is 3.56. The Balaban J connectivity index is 1.23. The smallest absolute Gasteiger partial charge is 0.344 e. The number of fused-ring (bicyclic) bond motifs is 10. The summed E-state index contributed by atoms with van der Waals surface area (Å²) in [6.45, 7) is 24.8. The van der Waals surface area contributed by atoms with Gasteiger partial charge in [0.1, 0.15) is 5.60 Å². The summed E-state index contributed by atoms with van der Waals surface area (Å²) >= 11 is 0. The molecule has 5 heteroatoms. The molecule has 4 fully saturated rings. The van der Waals surface area contributed by atoms with Crippen LogP contribution in [-0.2, 0) is 30.9 Å². The molecule has 0 spiro atoms. The van der Waals surface area contributed by atoms with Gasteiger partial charge in [-0.3, -0.25) is 4.79 Å². The second-order valence-corrected chi connectivity index (χ2v) is 18.9. The van der Waals surface area contributed by atoms with Crippen molar-refractivity contribution in [3.63, 3.8) is 0 Å². The summed E-state index contributed by atoms with van der Waals surface area (Å²) in [6.07, 6.45) is 9.65. The summed E-state index contributed by atoms with van der Waals surface area (Å²) in [5, 5.41) is 1.41. The summed E-state index contributed by atoms with van der Waals surface area (Å²) < 4.78 is 11.4. The predicted molar refractivity (Wildman–Crippen MR) is 188 cm³/mol. The lowest BCUT2D eigenvalue weighted by atomic mass is 9.32. The van der Waals surface area contributed by atoms with Gasteiger partial charge >= 0.3 is 11.9 Å². The van der Waals surface area contributed by atoms with Crippen LogP contribution in [0.2, 0.25) is 0 Å². The Bertz CT molecular complexity index is 1630. The van der Waals surface area contributed by atoms with E-state index in [4.69, 9.17) is 9.47 Å². The van der Waals surface area contributed by atoms with Crippen molar-refractivity contribution in [1.82, 2.24) is 4.98 Å². The lowest BCUT2D eigenvalue weighted by molar-refractivity contribution is -0.229.